The predicted octanol–water partition coefficient (Wildman–Crippen LogP) is 2.19. The number of nitrogens with one attached hydrogen (secondary N) is 1. The first-order valence-corrected chi connectivity index (χ1v) is 5.36. The van der Waals surface area contributed by atoms with Gasteiger partial charge in [0, 0.05) is 13.0 Å². The Labute approximate surface area is 81.1 Å². The van der Waals surface area contributed by atoms with Crippen molar-refractivity contribution in [3.05, 3.63) is 0 Å². The summed E-state index contributed by atoms with van der Waals surface area (Å²) in [7, 11) is 1.73. The van der Waals surface area contributed by atoms with Gasteiger partial charge in [0.1, 0.15) is 0 Å². The maximum atomic E-state index is 11.2. The topological polar surface area (TPSA) is 29.1 Å². The molecule has 13 heavy (non-hydrogen) atoms. The Hall–Kier alpha value is -0.530. The molecule has 1 N–H and O–H groups in total. The highest BCUT2D eigenvalue weighted by molar-refractivity contribution is 5.81. The highest BCUT2D eigenvalue weighted by atomic mass is 16.1. The first-order valence-electron chi connectivity index (χ1n) is 5.36. The van der Waals surface area contributed by atoms with Gasteiger partial charge in [-0.2, -0.15) is 0 Å². The van der Waals surface area contributed by atoms with Crippen LogP contribution in [0.2, 0.25) is 0 Å². The van der Waals surface area contributed by atoms with Crippen LogP contribution in [0.4, 0.5) is 0 Å². The quantitative estimate of drug-likeness (QED) is 0.695. The van der Waals surface area contributed by atoms with Gasteiger partial charge in [-0.3, -0.25) is 4.79 Å². The van der Waals surface area contributed by atoms with Crippen molar-refractivity contribution in [1.29, 1.82) is 0 Å². The van der Waals surface area contributed by atoms with E-state index in [0.29, 0.717) is 11.8 Å². The maximum absolute atomic E-state index is 11.2. The van der Waals surface area contributed by atoms with Crippen LogP contribution in [0.1, 0.15) is 39.5 Å². The summed E-state index contributed by atoms with van der Waals surface area (Å²) in [6.45, 7) is 4.51. The minimum Gasteiger partial charge on any atom is -0.359 e. The van der Waals surface area contributed by atoms with E-state index in [4.69, 9.17) is 0 Å². The standard InChI is InChI=1S/C11H21NO/c1-8(2)5-4-6-9-7-10(9)11(13)12-3/h8-10H,4-7H2,1-3H3,(H,12,13)/t9-,10-/m1/s1. The molecule has 0 aromatic heterocycles. The molecule has 0 aromatic carbocycles. The molecular weight excluding hydrogens is 162 g/mol. The molecule has 1 fully saturated rings. The number of amides is 1. The average Bonchev–Trinajstić information content (AvgIpc) is 2.82. The zero-order valence-corrected chi connectivity index (χ0v) is 8.97. The molecule has 0 heterocycles. The first-order chi connectivity index (χ1) is 6.15. The Morgan fingerprint density at radius 2 is 2.23 bits per heavy atom. The summed E-state index contributed by atoms with van der Waals surface area (Å²) in [6.07, 6.45) is 4.96. The molecule has 0 aromatic rings. The van der Waals surface area contributed by atoms with Crippen molar-refractivity contribution in [2.24, 2.45) is 17.8 Å². The van der Waals surface area contributed by atoms with E-state index in [2.05, 4.69) is 19.2 Å². The lowest BCUT2D eigenvalue weighted by Gasteiger charge is -2.03. The fourth-order valence-corrected chi connectivity index (χ4v) is 1.86. The highest BCUT2D eigenvalue weighted by Crippen LogP contribution is 2.42. The molecule has 0 aliphatic heterocycles. The molecular formula is C11H21NO. The summed E-state index contributed by atoms with van der Waals surface area (Å²) in [4.78, 5) is 11.2. The predicted molar refractivity (Wildman–Crippen MR) is 54.4 cm³/mol. The molecule has 0 unspecified atom stereocenters. The van der Waals surface area contributed by atoms with Gasteiger partial charge in [0.25, 0.3) is 0 Å². The van der Waals surface area contributed by atoms with Crippen molar-refractivity contribution in [1.82, 2.24) is 5.32 Å². The van der Waals surface area contributed by atoms with Crippen LogP contribution in [0.3, 0.4) is 0 Å². The summed E-state index contributed by atoms with van der Waals surface area (Å²) in [5.41, 5.74) is 0. The fourth-order valence-electron chi connectivity index (χ4n) is 1.86. The number of hydrogen-bond donors (Lipinski definition) is 1. The first kappa shape index (κ1) is 10.6. The SMILES string of the molecule is CNC(=O)[C@@H]1C[C@H]1CCCC(C)C. The molecule has 2 nitrogen and oxygen atoms in total. The molecule has 2 atom stereocenters. The lowest BCUT2D eigenvalue weighted by atomic mass is 10.0. The third-order valence-corrected chi connectivity index (χ3v) is 2.86. The van der Waals surface area contributed by atoms with Crippen molar-refractivity contribution in [3.63, 3.8) is 0 Å². The Balaban J connectivity index is 2.04. The van der Waals surface area contributed by atoms with Gasteiger partial charge in [0.05, 0.1) is 0 Å². The lowest BCUT2D eigenvalue weighted by Crippen LogP contribution is -2.20. The summed E-state index contributed by atoms with van der Waals surface area (Å²) in [5.74, 6) is 2.09. The smallest absolute Gasteiger partial charge is 0.223 e. The second-order valence-electron chi connectivity index (χ2n) is 4.54. The van der Waals surface area contributed by atoms with E-state index in [0.717, 1.165) is 12.3 Å². The van der Waals surface area contributed by atoms with E-state index in [1.807, 2.05) is 0 Å². The van der Waals surface area contributed by atoms with E-state index < -0.39 is 0 Å². The van der Waals surface area contributed by atoms with Crippen LogP contribution in [0.15, 0.2) is 0 Å². The lowest BCUT2D eigenvalue weighted by molar-refractivity contribution is -0.122. The Morgan fingerprint density at radius 3 is 2.77 bits per heavy atom. The molecule has 0 radical (unpaired) electrons. The third-order valence-electron chi connectivity index (χ3n) is 2.86. The van der Waals surface area contributed by atoms with Crippen molar-refractivity contribution < 1.29 is 4.79 Å². The van der Waals surface area contributed by atoms with Crippen molar-refractivity contribution in [2.75, 3.05) is 7.05 Å². The van der Waals surface area contributed by atoms with Crippen LogP contribution in [-0.2, 0) is 4.79 Å². The minimum atomic E-state index is 0.245. The second-order valence-corrected chi connectivity index (χ2v) is 4.54. The molecule has 1 aliphatic carbocycles. The largest absolute Gasteiger partial charge is 0.359 e. The molecule has 76 valence electrons. The van der Waals surface area contributed by atoms with E-state index in [9.17, 15) is 4.79 Å². The highest BCUT2D eigenvalue weighted by Gasteiger charge is 2.41. The monoisotopic (exact) mass is 183 g/mol. The Bertz CT molecular complexity index is 177. The zero-order chi connectivity index (χ0) is 9.84. The zero-order valence-electron chi connectivity index (χ0n) is 8.97. The number of hydrogen-bond acceptors (Lipinski definition) is 1. The molecule has 1 aliphatic rings. The van der Waals surface area contributed by atoms with Gasteiger partial charge in [0.15, 0.2) is 0 Å². The molecule has 1 saturated carbocycles. The fraction of sp³-hybridized carbons (Fsp3) is 0.909. The summed E-state index contributed by atoms with van der Waals surface area (Å²) in [5, 5.41) is 2.72. The van der Waals surface area contributed by atoms with Crippen LogP contribution in [0, 0.1) is 17.8 Å². The van der Waals surface area contributed by atoms with Crippen molar-refractivity contribution in [3.8, 4) is 0 Å². The van der Waals surface area contributed by atoms with Crippen LogP contribution in [0.25, 0.3) is 0 Å². The van der Waals surface area contributed by atoms with Crippen molar-refractivity contribution in [2.45, 2.75) is 39.5 Å². The van der Waals surface area contributed by atoms with Gasteiger partial charge >= 0.3 is 0 Å². The number of carbonyl (C=O) groups is 1. The van der Waals surface area contributed by atoms with E-state index in [1.165, 1.54) is 19.3 Å². The second kappa shape index (κ2) is 4.64. The Morgan fingerprint density at radius 1 is 1.54 bits per heavy atom. The molecule has 0 saturated heterocycles. The van der Waals surface area contributed by atoms with Gasteiger partial charge in [-0.1, -0.05) is 26.7 Å². The normalized spacial score (nSPS) is 26.2. The summed E-state index contributed by atoms with van der Waals surface area (Å²) < 4.78 is 0. The number of carbonyl (C=O) groups excluding carboxylic acids is 1. The van der Waals surface area contributed by atoms with Gasteiger partial charge in [-0.25, -0.2) is 0 Å². The van der Waals surface area contributed by atoms with E-state index in [-0.39, 0.29) is 5.91 Å². The van der Waals surface area contributed by atoms with Gasteiger partial charge < -0.3 is 5.32 Å². The van der Waals surface area contributed by atoms with Crippen LogP contribution in [0.5, 0.6) is 0 Å². The van der Waals surface area contributed by atoms with Gasteiger partial charge in [0.2, 0.25) is 5.91 Å². The molecule has 1 rings (SSSR count). The molecule has 2 heteroatoms. The van der Waals surface area contributed by atoms with Crippen LogP contribution >= 0.6 is 0 Å². The van der Waals surface area contributed by atoms with Crippen LogP contribution in [-0.4, -0.2) is 13.0 Å². The minimum absolute atomic E-state index is 0.245. The Kier molecular flexibility index (Phi) is 3.76. The van der Waals surface area contributed by atoms with Crippen molar-refractivity contribution >= 4 is 5.91 Å². The summed E-state index contributed by atoms with van der Waals surface area (Å²) >= 11 is 0. The summed E-state index contributed by atoms with van der Waals surface area (Å²) in [6, 6.07) is 0. The van der Waals surface area contributed by atoms with Crippen LogP contribution < -0.4 is 5.32 Å². The van der Waals surface area contributed by atoms with Gasteiger partial charge in [-0.05, 0) is 24.7 Å². The van der Waals surface area contributed by atoms with Gasteiger partial charge in [-0.15, -0.1) is 0 Å². The molecule has 0 spiro atoms. The number of rotatable bonds is 5. The molecule has 1 amide bonds. The van der Waals surface area contributed by atoms with E-state index in [1.54, 1.807) is 7.05 Å². The molecule has 0 bridgehead atoms. The average molecular weight is 183 g/mol. The van der Waals surface area contributed by atoms with E-state index >= 15 is 0 Å². The maximum Gasteiger partial charge on any atom is 0.223 e. The third kappa shape index (κ3) is 3.37.